The average molecular weight is 819 g/mol. The fraction of sp³-hybridized carbons (Fsp3) is 0.911. The maximum absolute atomic E-state index is 12.6. The number of allylic oxidation sites excluding steroid dienone is 2. The topological polar surface area (TPSA) is 149 Å². The zero-order chi connectivity index (χ0) is 41.2. The second kappa shape index (κ2) is 41.9. The largest absolute Gasteiger partial charge is 0.472 e. The van der Waals surface area contributed by atoms with Crippen LogP contribution in [0.15, 0.2) is 12.2 Å². The molecule has 0 aromatic carbocycles. The number of carbonyl (C=O) groups excluding carboxylic acids is 2. The molecule has 0 rings (SSSR count). The number of esters is 2. The van der Waals surface area contributed by atoms with E-state index in [0.717, 1.165) is 51.4 Å². The molecule has 0 bridgehead atoms. The first kappa shape index (κ1) is 54.7. The molecule has 0 amide bonds. The Labute approximate surface area is 343 Å². The van der Waals surface area contributed by atoms with Crippen LogP contribution >= 0.6 is 7.82 Å². The van der Waals surface area contributed by atoms with E-state index >= 15 is 0 Å². The first-order valence-corrected chi connectivity index (χ1v) is 24.6. The Morgan fingerprint density at radius 3 is 1.29 bits per heavy atom. The van der Waals surface area contributed by atoms with E-state index in [1.54, 1.807) is 0 Å². The Morgan fingerprint density at radius 2 is 0.875 bits per heavy atom. The number of carbonyl (C=O) groups is 2. The zero-order valence-electron chi connectivity index (χ0n) is 36.1. The summed E-state index contributed by atoms with van der Waals surface area (Å²) in [4.78, 5) is 35.0. The summed E-state index contributed by atoms with van der Waals surface area (Å²) < 4.78 is 32.8. The lowest BCUT2D eigenvalue weighted by Crippen LogP contribution is -2.29. The highest BCUT2D eigenvalue weighted by Crippen LogP contribution is 2.43. The molecule has 0 fully saturated rings. The van der Waals surface area contributed by atoms with Gasteiger partial charge in [0.1, 0.15) is 12.7 Å². The molecular formula is C45H87O10P. The lowest BCUT2D eigenvalue weighted by molar-refractivity contribution is -0.161. The maximum atomic E-state index is 12.6. The van der Waals surface area contributed by atoms with Gasteiger partial charge in [0.2, 0.25) is 0 Å². The molecule has 56 heavy (non-hydrogen) atoms. The lowest BCUT2D eigenvalue weighted by atomic mass is 10.0. The molecule has 0 aliphatic rings. The van der Waals surface area contributed by atoms with Gasteiger partial charge in [-0.15, -0.1) is 0 Å². The molecule has 3 N–H and O–H groups in total. The van der Waals surface area contributed by atoms with E-state index in [-0.39, 0.29) is 19.4 Å². The molecule has 0 spiro atoms. The summed E-state index contributed by atoms with van der Waals surface area (Å²) in [5.74, 6) is -0.922. The van der Waals surface area contributed by atoms with Crippen molar-refractivity contribution >= 4 is 19.8 Å². The fourth-order valence-corrected chi connectivity index (χ4v) is 7.37. The number of unbranched alkanes of at least 4 members (excludes halogenated alkanes) is 28. The molecule has 0 radical (unpaired) electrons. The Kier molecular flexibility index (Phi) is 40.9. The first-order valence-electron chi connectivity index (χ1n) is 23.1. The van der Waals surface area contributed by atoms with Gasteiger partial charge in [0.05, 0.1) is 19.8 Å². The van der Waals surface area contributed by atoms with Gasteiger partial charge in [0.25, 0.3) is 0 Å². The smallest absolute Gasteiger partial charge is 0.462 e. The molecule has 1 unspecified atom stereocenters. The third-order valence-corrected chi connectivity index (χ3v) is 11.1. The van der Waals surface area contributed by atoms with Crippen LogP contribution in [0.1, 0.15) is 226 Å². The van der Waals surface area contributed by atoms with E-state index in [9.17, 15) is 24.2 Å². The van der Waals surface area contributed by atoms with Crippen molar-refractivity contribution in [1.82, 2.24) is 0 Å². The van der Waals surface area contributed by atoms with Gasteiger partial charge in [-0.05, 0) is 38.5 Å². The molecule has 0 aliphatic heterocycles. The van der Waals surface area contributed by atoms with E-state index in [4.69, 9.17) is 23.6 Å². The SMILES string of the molecule is CCCCCCCC/C=C\CCCCCCCC(=O)OC[C@H](COP(=O)(O)OC[C@@H](O)CO)OC(=O)CCCCCCCCCCCCCCCCCCCC. The van der Waals surface area contributed by atoms with Crippen molar-refractivity contribution in [3.63, 3.8) is 0 Å². The minimum atomic E-state index is -4.61. The van der Waals surface area contributed by atoms with Crippen molar-refractivity contribution in [1.29, 1.82) is 0 Å². The monoisotopic (exact) mass is 819 g/mol. The zero-order valence-corrected chi connectivity index (χ0v) is 37.0. The van der Waals surface area contributed by atoms with Crippen molar-refractivity contribution in [2.45, 2.75) is 238 Å². The number of hydrogen-bond donors (Lipinski definition) is 3. The van der Waals surface area contributed by atoms with Crippen LogP contribution in [0.2, 0.25) is 0 Å². The van der Waals surface area contributed by atoms with Crippen LogP contribution in [0.4, 0.5) is 0 Å². The van der Waals surface area contributed by atoms with Gasteiger partial charge in [-0.1, -0.05) is 187 Å². The van der Waals surface area contributed by atoms with Crippen LogP contribution in [0.25, 0.3) is 0 Å². The average Bonchev–Trinajstić information content (AvgIpc) is 3.19. The number of ether oxygens (including phenoxy) is 2. The lowest BCUT2D eigenvalue weighted by Gasteiger charge is -2.20. The highest BCUT2D eigenvalue weighted by atomic mass is 31.2. The molecule has 0 aromatic heterocycles. The number of hydrogen-bond acceptors (Lipinski definition) is 9. The molecule has 0 aromatic rings. The van der Waals surface area contributed by atoms with E-state index in [0.29, 0.717) is 12.8 Å². The second-order valence-corrected chi connectivity index (χ2v) is 17.2. The fourth-order valence-electron chi connectivity index (χ4n) is 6.58. The third-order valence-electron chi connectivity index (χ3n) is 10.2. The van der Waals surface area contributed by atoms with Gasteiger partial charge in [0, 0.05) is 12.8 Å². The minimum absolute atomic E-state index is 0.189. The van der Waals surface area contributed by atoms with E-state index in [2.05, 4.69) is 26.0 Å². The van der Waals surface area contributed by atoms with Crippen molar-refractivity contribution in [2.24, 2.45) is 0 Å². The van der Waals surface area contributed by atoms with Gasteiger partial charge >= 0.3 is 19.8 Å². The third kappa shape index (κ3) is 40.9. The summed E-state index contributed by atoms with van der Waals surface area (Å²) >= 11 is 0. The van der Waals surface area contributed by atoms with Crippen LogP contribution in [0.3, 0.4) is 0 Å². The van der Waals surface area contributed by atoms with E-state index < -0.39 is 51.8 Å². The summed E-state index contributed by atoms with van der Waals surface area (Å²) in [5.41, 5.74) is 0. The predicted molar refractivity (Wildman–Crippen MR) is 229 cm³/mol. The van der Waals surface area contributed by atoms with Gasteiger partial charge in [-0.3, -0.25) is 18.6 Å². The van der Waals surface area contributed by atoms with Crippen molar-refractivity contribution in [3.8, 4) is 0 Å². The molecule has 0 saturated heterocycles. The van der Waals surface area contributed by atoms with Crippen LogP contribution in [-0.4, -0.2) is 65.7 Å². The van der Waals surface area contributed by atoms with E-state index in [1.165, 1.54) is 135 Å². The number of phosphoric ester groups is 1. The normalized spacial score (nSPS) is 13.9. The highest BCUT2D eigenvalue weighted by Gasteiger charge is 2.27. The number of aliphatic hydroxyl groups is 2. The molecule has 332 valence electrons. The Balaban J connectivity index is 4.23. The number of aliphatic hydroxyl groups excluding tert-OH is 2. The molecule has 10 nitrogen and oxygen atoms in total. The number of rotatable bonds is 44. The quantitative estimate of drug-likeness (QED) is 0.0235. The van der Waals surface area contributed by atoms with Crippen LogP contribution in [-0.2, 0) is 32.7 Å². The molecule has 0 heterocycles. The molecule has 0 saturated carbocycles. The summed E-state index contributed by atoms with van der Waals surface area (Å²) in [7, 11) is -4.61. The maximum Gasteiger partial charge on any atom is 0.472 e. The van der Waals surface area contributed by atoms with Gasteiger partial charge in [-0.25, -0.2) is 4.57 Å². The van der Waals surface area contributed by atoms with Crippen molar-refractivity contribution in [2.75, 3.05) is 26.4 Å². The molecule has 0 aliphatic carbocycles. The van der Waals surface area contributed by atoms with Crippen LogP contribution < -0.4 is 0 Å². The summed E-state index contributed by atoms with van der Waals surface area (Å²) in [6.07, 6.45) is 40.3. The van der Waals surface area contributed by atoms with Gasteiger partial charge < -0.3 is 24.6 Å². The molecule has 3 atom stereocenters. The second-order valence-electron chi connectivity index (χ2n) is 15.8. The number of phosphoric acid groups is 1. The van der Waals surface area contributed by atoms with Crippen LogP contribution in [0.5, 0.6) is 0 Å². The summed E-state index contributed by atoms with van der Waals surface area (Å²) in [6.45, 7) is 2.40. The summed E-state index contributed by atoms with van der Waals surface area (Å²) in [5, 5.41) is 18.3. The van der Waals surface area contributed by atoms with E-state index in [1.807, 2.05) is 0 Å². The Hall–Kier alpha value is -1.29. The summed E-state index contributed by atoms with van der Waals surface area (Å²) in [6, 6.07) is 0. The van der Waals surface area contributed by atoms with Crippen molar-refractivity contribution in [3.05, 3.63) is 12.2 Å². The Bertz CT molecular complexity index is 946. The standard InChI is InChI=1S/C45H87O10P/c1-3-5-7-9-11-13-15-17-19-20-21-23-25-27-29-31-33-35-37-45(49)55-43(41-54-56(50,51)53-39-42(47)38-46)40-52-44(48)36-34-32-30-28-26-24-22-18-16-14-12-10-8-6-4-2/h18,22,42-43,46-47H,3-17,19-21,23-41H2,1-2H3,(H,50,51)/b22-18-/t42-,43+/m0/s1. The first-order chi connectivity index (χ1) is 27.2. The Morgan fingerprint density at radius 1 is 0.518 bits per heavy atom. The molecule has 11 heteroatoms. The van der Waals surface area contributed by atoms with Crippen LogP contribution in [0, 0.1) is 0 Å². The van der Waals surface area contributed by atoms with Gasteiger partial charge in [0.15, 0.2) is 6.10 Å². The van der Waals surface area contributed by atoms with Gasteiger partial charge in [-0.2, -0.15) is 0 Å². The van der Waals surface area contributed by atoms with Crippen molar-refractivity contribution < 1.29 is 47.8 Å². The highest BCUT2D eigenvalue weighted by molar-refractivity contribution is 7.47. The minimum Gasteiger partial charge on any atom is -0.462 e. The molecular weight excluding hydrogens is 731 g/mol. The predicted octanol–water partition coefficient (Wildman–Crippen LogP) is 12.4.